The van der Waals surface area contributed by atoms with E-state index >= 15 is 0 Å². The van der Waals surface area contributed by atoms with Crippen LogP contribution in [0.5, 0.6) is 0 Å². The Kier molecular flexibility index (Phi) is 8.99. The van der Waals surface area contributed by atoms with Crippen molar-refractivity contribution in [3.05, 3.63) is 32.0 Å². The van der Waals surface area contributed by atoms with Gasteiger partial charge in [0.25, 0.3) is 0 Å². The van der Waals surface area contributed by atoms with Crippen LogP contribution in [0.4, 0.5) is 0 Å². The Morgan fingerprint density at radius 3 is 2.25 bits per heavy atom. The first-order chi connectivity index (χ1) is 11.6. The number of ketones is 1. The molecule has 0 unspecified atom stereocenters. The number of benzene rings is 1. The summed E-state index contributed by atoms with van der Waals surface area (Å²) in [6.07, 6.45) is 12.3. The lowest BCUT2D eigenvalue weighted by atomic mass is 10.0. The minimum absolute atomic E-state index is 0.278. The van der Waals surface area contributed by atoms with Crippen molar-refractivity contribution in [1.29, 1.82) is 0 Å². The number of carbonyl (C=O) groups excluding carboxylic acids is 1. The molecule has 0 bridgehead atoms. The monoisotopic (exact) mass is 472 g/mol. The summed E-state index contributed by atoms with van der Waals surface area (Å²) in [6, 6.07) is 6.04. The van der Waals surface area contributed by atoms with Gasteiger partial charge in [-0.3, -0.25) is 4.79 Å². The molecule has 24 heavy (non-hydrogen) atoms. The molecular formula is C20H26Br2OS. The molecule has 2 aromatic rings. The largest absolute Gasteiger partial charge is 0.294 e. The van der Waals surface area contributed by atoms with Crippen molar-refractivity contribution in [2.75, 3.05) is 0 Å². The van der Waals surface area contributed by atoms with E-state index in [9.17, 15) is 4.79 Å². The lowest BCUT2D eigenvalue weighted by Gasteiger charge is -2.03. The molecule has 0 radical (unpaired) electrons. The van der Waals surface area contributed by atoms with Gasteiger partial charge in [-0.15, -0.1) is 11.3 Å². The summed E-state index contributed by atoms with van der Waals surface area (Å²) < 4.78 is 3.33. The number of Topliss-reactive ketones (excluding diaryl/α,β-unsaturated/α-hetero) is 1. The van der Waals surface area contributed by atoms with Crippen molar-refractivity contribution in [3.63, 3.8) is 0 Å². The number of fused-ring (bicyclic) bond motifs is 1. The number of rotatable bonds is 11. The lowest BCUT2D eigenvalue weighted by molar-refractivity contribution is 0.0979. The molecule has 0 saturated heterocycles. The van der Waals surface area contributed by atoms with Gasteiger partial charge >= 0.3 is 0 Å². The van der Waals surface area contributed by atoms with Crippen LogP contribution >= 0.6 is 43.2 Å². The zero-order valence-corrected chi connectivity index (χ0v) is 18.4. The van der Waals surface area contributed by atoms with Crippen LogP contribution in [0.25, 0.3) is 10.1 Å². The summed E-state index contributed by atoms with van der Waals surface area (Å²) in [6.45, 7) is 2.25. The van der Waals surface area contributed by atoms with Crippen LogP contribution in [-0.4, -0.2) is 5.78 Å². The molecule has 0 fully saturated rings. The lowest BCUT2D eigenvalue weighted by Crippen LogP contribution is -1.98. The van der Waals surface area contributed by atoms with Gasteiger partial charge in [-0.25, -0.2) is 0 Å². The highest BCUT2D eigenvalue weighted by molar-refractivity contribution is 9.13. The second-order valence-corrected chi connectivity index (χ2v) is 9.57. The van der Waals surface area contributed by atoms with Gasteiger partial charge in [-0.05, 0) is 44.3 Å². The number of thiophene rings is 1. The summed E-state index contributed by atoms with van der Waals surface area (Å²) in [4.78, 5) is 12.4. The van der Waals surface area contributed by atoms with Gasteiger partial charge in [-0.2, -0.15) is 0 Å². The first-order valence-corrected chi connectivity index (χ1v) is 11.4. The van der Waals surface area contributed by atoms with Crippen molar-refractivity contribution in [3.8, 4) is 0 Å². The van der Waals surface area contributed by atoms with E-state index < -0.39 is 0 Å². The number of hydrogen-bond acceptors (Lipinski definition) is 2. The van der Waals surface area contributed by atoms with Gasteiger partial charge in [0.15, 0.2) is 5.78 Å². The fourth-order valence-corrected chi connectivity index (χ4v) is 5.26. The summed E-state index contributed by atoms with van der Waals surface area (Å²) in [5, 5.41) is 1.17. The molecule has 0 aliphatic rings. The number of halogens is 2. The average Bonchev–Trinajstić information content (AvgIpc) is 2.87. The first kappa shape index (κ1) is 20.1. The molecule has 0 atom stereocenters. The molecule has 0 spiro atoms. The van der Waals surface area contributed by atoms with E-state index in [2.05, 4.69) is 38.8 Å². The van der Waals surface area contributed by atoms with Crippen molar-refractivity contribution in [2.45, 2.75) is 71.1 Å². The van der Waals surface area contributed by atoms with Gasteiger partial charge in [0.2, 0.25) is 0 Å². The molecule has 4 heteroatoms. The Morgan fingerprint density at radius 1 is 0.958 bits per heavy atom. The zero-order chi connectivity index (χ0) is 17.4. The van der Waals surface area contributed by atoms with Crippen LogP contribution in [0.3, 0.4) is 0 Å². The van der Waals surface area contributed by atoms with Crippen LogP contribution in [0.15, 0.2) is 26.5 Å². The molecule has 1 aromatic heterocycles. The molecule has 0 N–H and O–H groups in total. The summed E-state index contributed by atoms with van der Waals surface area (Å²) in [7, 11) is 0. The molecule has 0 saturated carbocycles. The van der Waals surface area contributed by atoms with E-state index in [1.165, 1.54) is 56.8 Å². The van der Waals surface area contributed by atoms with Crippen LogP contribution < -0.4 is 0 Å². The Balaban J connectivity index is 1.69. The molecule has 2 rings (SSSR count). The van der Waals surface area contributed by atoms with E-state index in [0.717, 1.165) is 24.9 Å². The fraction of sp³-hybridized carbons (Fsp3) is 0.550. The number of carbonyl (C=O) groups is 1. The third-order valence-electron chi connectivity index (χ3n) is 4.42. The van der Waals surface area contributed by atoms with E-state index in [1.54, 1.807) is 11.3 Å². The smallest absolute Gasteiger partial charge is 0.162 e. The summed E-state index contributed by atoms with van der Waals surface area (Å²) >= 11 is 8.79. The second kappa shape index (κ2) is 10.7. The molecule has 1 nitrogen and oxygen atoms in total. The number of unbranched alkanes of at least 4 members (excludes halogenated alkanes) is 8. The highest BCUT2D eigenvalue weighted by Gasteiger charge is 2.11. The SMILES string of the molecule is CCCCCCCCCCCC(=O)c1ccc2c(Br)c(Br)sc2c1. The third-order valence-corrected chi connectivity index (χ3v) is 7.86. The van der Waals surface area contributed by atoms with Crippen LogP contribution in [-0.2, 0) is 0 Å². The van der Waals surface area contributed by atoms with Gasteiger partial charge in [-0.1, -0.05) is 70.4 Å². The first-order valence-electron chi connectivity index (χ1n) is 9.04. The molecule has 0 aliphatic heterocycles. The standard InChI is InChI=1S/C20H26Br2OS/c1-2-3-4-5-6-7-8-9-10-11-17(23)15-12-13-16-18(14-15)24-20(22)19(16)21/h12-14H,2-11H2,1H3. The third kappa shape index (κ3) is 5.96. The summed E-state index contributed by atoms with van der Waals surface area (Å²) in [5.74, 6) is 0.278. The Bertz CT molecular complexity index is 663. The highest BCUT2D eigenvalue weighted by atomic mass is 79.9. The Hall–Kier alpha value is -0.190. The van der Waals surface area contributed by atoms with E-state index in [4.69, 9.17) is 0 Å². The van der Waals surface area contributed by atoms with E-state index in [1.807, 2.05) is 18.2 Å². The summed E-state index contributed by atoms with van der Waals surface area (Å²) in [5.41, 5.74) is 0.850. The van der Waals surface area contributed by atoms with E-state index in [0.29, 0.717) is 6.42 Å². The second-order valence-electron chi connectivity index (χ2n) is 6.40. The molecule has 1 heterocycles. The maximum atomic E-state index is 12.4. The molecule has 0 amide bonds. The van der Waals surface area contributed by atoms with Gasteiger partial charge in [0.05, 0.1) is 8.26 Å². The maximum absolute atomic E-state index is 12.4. The van der Waals surface area contributed by atoms with Gasteiger partial charge < -0.3 is 0 Å². The molecule has 0 aliphatic carbocycles. The zero-order valence-electron chi connectivity index (χ0n) is 14.4. The van der Waals surface area contributed by atoms with Crippen LogP contribution in [0, 0.1) is 0 Å². The molecule has 132 valence electrons. The topological polar surface area (TPSA) is 17.1 Å². The Labute approximate surface area is 166 Å². The molecule has 1 aromatic carbocycles. The quantitative estimate of drug-likeness (QED) is 0.236. The normalized spacial score (nSPS) is 11.3. The predicted octanol–water partition coefficient (Wildman–Crippen LogP) is 8.53. The molecular weight excluding hydrogens is 448 g/mol. The Morgan fingerprint density at radius 2 is 1.58 bits per heavy atom. The van der Waals surface area contributed by atoms with Gasteiger partial charge in [0.1, 0.15) is 0 Å². The van der Waals surface area contributed by atoms with Crippen LogP contribution in [0.2, 0.25) is 0 Å². The minimum Gasteiger partial charge on any atom is -0.294 e. The van der Waals surface area contributed by atoms with Crippen molar-refractivity contribution in [2.24, 2.45) is 0 Å². The predicted molar refractivity (Wildman–Crippen MR) is 113 cm³/mol. The minimum atomic E-state index is 0.278. The van der Waals surface area contributed by atoms with Crippen LogP contribution in [0.1, 0.15) is 81.5 Å². The average molecular weight is 474 g/mol. The highest BCUT2D eigenvalue weighted by Crippen LogP contribution is 2.39. The number of hydrogen-bond donors (Lipinski definition) is 0. The maximum Gasteiger partial charge on any atom is 0.162 e. The fourth-order valence-electron chi connectivity index (χ4n) is 2.95. The van der Waals surface area contributed by atoms with Crippen molar-refractivity contribution >= 4 is 59.1 Å². The van der Waals surface area contributed by atoms with Crippen molar-refractivity contribution < 1.29 is 4.79 Å². The van der Waals surface area contributed by atoms with Gasteiger partial charge in [0, 0.05) is 22.1 Å². The van der Waals surface area contributed by atoms with E-state index in [-0.39, 0.29) is 5.78 Å². The van der Waals surface area contributed by atoms with Crippen molar-refractivity contribution in [1.82, 2.24) is 0 Å².